The first kappa shape index (κ1) is 125. The van der Waals surface area contributed by atoms with E-state index < -0.39 is 293 Å². The van der Waals surface area contributed by atoms with Gasteiger partial charge < -0.3 is 198 Å². The predicted octanol–water partition coefficient (Wildman–Crippen LogP) is -1.44. The first-order valence-corrected chi connectivity index (χ1v) is 57.7. The molecule has 144 heavy (non-hydrogen) atoms. The molecule has 30 heterocycles. The highest BCUT2D eigenvalue weighted by Gasteiger charge is 2.61. The van der Waals surface area contributed by atoms with Gasteiger partial charge in [0.25, 0.3) is 0 Å². The van der Waals surface area contributed by atoms with E-state index in [-0.39, 0.29) is 195 Å². The first-order valence-electron chi connectivity index (χ1n) is 48.5. The molecule has 0 aromatic carbocycles. The number of aliphatic hydroxyl groups is 16. The van der Waals surface area contributed by atoms with E-state index in [1.807, 2.05) is 0 Å². The Morgan fingerprint density at radius 3 is 0.333 bits per heavy atom. The van der Waals surface area contributed by atoms with E-state index in [1.54, 1.807) is 0 Å². The van der Waals surface area contributed by atoms with E-state index >= 15 is 0 Å². The van der Waals surface area contributed by atoms with Crippen LogP contribution in [-0.2, 0) is 114 Å². The minimum Gasteiger partial charge on any atom is -0.481 e. The molecule has 0 amide bonds. The average Bonchev–Trinajstić information content (AvgIpc) is 0.769. The van der Waals surface area contributed by atoms with Crippen LogP contribution < -0.4 is 0 Å². The number of hydrogen-bond donors (Lipinski definition) is 24. The largest absolute Gasteiger partial charge is 0.481 e. The van der Waals surface area contributed by atoms with Gasteiger partial charge in [0.15, 0.2) is 50.3 Å². The molecule has 0 spiro atoms. The van der Waals surface area contributed by atoms with Crippen molar-refractivity contribution in [3.05, 3.63) is 0 Å². The summed E-state index contributed by atoms with van der Waals surface area (Å²) in [6.07, 6.45) is -75.6. The number of rotatable bonds is 56. The molecule has 40 atom stereocenters. The third-order valence-electron chi connectivity index (χ3n) is 25.1. The van der Waals surface area contributed by atoms with Crippen molar-refractivity contribution in [2.75, 3.05) is 92.0 Å². The Bertz CT molecular complexity index is 3090. The molecule has 30 saturated heterocycles. The Labute approximate surface area is 865 Å². The van der Waals surface area contributed by atoms with Crippen molar-refractivity contribution in [2.45, 2.75) is 400 Å². The fraction of sp³-hybridized carbons (Fsp3) is 0.909. The number of aliphatic hydroxyl groups excluding tert-OH is 16. The Morgan fingerprint density at radius 2 is 0.243 bits per heavy atom. The van der Waals surface area contributed by atoms with Crippen molar-refractivity contribution in [2.24, 2.45) is 0 Å². The highest BCUT2D eigenvalue weighted by atomic mass is 32.2. The SMILES string of the molecule is O=C(O)CCCCSC[C@@H]1O[C@H]2O[C@@H]3[C@H](O)[C@@H](O)[C@H](O[C@@H]4[C@@H](O)[C@@H](O)[C@@H](O[C@@H]5[C@@H](O)[C@H](O)[C@H](O[C@@H]6[C@@H](O)[C@H](O)[C@H](O[C@@H]7[C@@H](O)[C@H](O)[C@H](O[C@H]8[C@@H](O)[C@@H](O)[C@H](O[C@@H]9[C@H](O)[C@@H](O)[C@H](O[C@@H]1[C@H](O)[C@H]2O)O[C@H]9CSCCCCC(=O)O)O[C@@H]8CSCCCCC(=O)O)O[C@@H]7CSCCCCC(=O)O)O[C@@H]6CSCCCCC(=O)O)O[C@@H]5CSCCCCC(=O)O)O[C@@H]4CSCCCCC(=O)O)O[C@H]3CSCCCCC(=O)O. The topological polar surface area (TPSA) is 770 Å². The van der Waals surface area contributed by atoms with Gasteiger partial charge in [0.05, 0.1) is 48.8 Å². The highest BCUT2D eigenvalue weighted by Crippen LogP contribution is 2.44. The fourth-order valence-corrected chi connectivity index (χ4v) is 25.8. The molecule has 24 N–H and O–H groups in total. The Morgan fingerprint density at radius 1 is 0.146 bits per heavy atom. The molecule has 0 radical (unpaired) electrons. The number of unbranched alkanes of at least 4 members (excludes halogenated alkanes) is 8. The third-order valence-corrected chi connectivity index (χ3v) is 34.3. The van der Waals surface area contributed by atoms with Gasteiger partial charge >= 0.3 is 47.8 Å². The minimum atomic E-state index is -2.24. The zero-order valence-corrected chi connectivity index (χ0v) is 85.7. The molecule has 0 aliphatic carbocycles. The molecule has 56 heteroatoms. The molecule has 30 rings (SSSR count). The predicted molar refractivity (Wildman–Crippen MR) is 515 cm³/mol. The molecule has 30 fully saturated rings. The monoisotopic (exact) mass is 2220 g/mol. The van der Waals surface area contributed by atoms with Crippen molar-refractivity contribution >= 4 is 142 Å². The van der Waals surface area contributed by atoms with Crippen molar-refractivity contribution < 1.29 is 237 Å². The molecule has 0 unspecified atom stereocenters. The number of thioether (sulfide) groups is 8. The number of carboxylic acids is 8. The highest BCUT2D eigenvalue weighted by molar-refractivity contribution is 8.00. The normalized spacial score (nSPS) is 38.2. The van der Waals surface area contributed by atoms with Gasteiger partial charge in [-0.1, -0.05) is 0 Å². The van der Waals surface area contributed by atoms with Gasteiger partial charge in [-0.25, -0.2) is 0 Å². The number of hydrogen-bond acceptors (Lipinski definition) is 48. The van der Waals surface area contributed by atoms with Gasteiger partial charge in [0.1, 0.15) is 146 Å². The van der Waals surface area contributed by atoms with Crippen LogP contribution >= 0.6 is 94.1 Å². The van der Waals surface area contributed by atoms with Crippen LogP contribution in [0.1, 0.15) is 154 Å². The lowest BCUT2D eigenvalue weighted by molar-refractivity contribution is -0.396. The smallest absolute Gasteiger partial charge is 0.303 e. The van der Waals surface area contributed by atoms with Crippen LogP contribution in [0.2, 0.25) is 0 Å². The lowest BCUT2D eigenvalue weighted by Gasteiger charge is -2.51. The maximum absolute atomic E-state index is 12.6. The summed E-state index contributed by atoms with van der Waals surface area (Å²) < 4.78 is 104. The average molecular weight is 2230 g/mol. The van der Waals surface area contributed by atoms with E-state index in [0.29, 0.717) is 51.4 Å². The Kier molecular flexibility index (Phi) is 55.9. The summed E-state index contributed by atoms with van der Waals surface area (Å²) in [6, 6.07) is 0. The fourth-order valence-electron chi connectivity index (χ4n) is 17.2. The van der Waals surface area contributed by atoms with Crippen molar-refractivity contribution in [3.8, 4) is 0 Å². The second-order valence-corrected chi connectivity index (χ2v) is 45.6. The van der Waals surface area contributed by atoms with E-state index in [1.165, 1.54) is 0 Å². The Hall–Kier alpha value is -2.72. The summed E-state index contributed by atoms with van der Waals surface area (Å²) in [4.78, 5) is 92.8. The number of carboxylic acid groups (broad SMARTS) is 8. The number of ether oxygens (including phenoxy) is 16. The van der Waals surface area contributed by atoms with Crippen LogP contribution in [0.5, 0.6) is 0 Å². The van der Waals surface area contributed by atoms with Gasteiger partial charge in [-0.15, -0.1) is 0 Å². The van der Waals surface area contributed by atoms with Crippen LogP contribution in [0.4, 0.5) is 0 Å². The van der Waals surface area contributed by atoms with Crippen LogP contribution in [0.3, 0.4) is 0 Å². The minimum absolute atomic E-state index is 0.205. The Balaban J connectivity index is 1.13. The van der Waals surface area contributed by atoms with Gasteiger partial charge in [-0.2, -0.15) is 94.1 Å². The van der Waals surface area contributed by atoms with Gasteiger partial charge in [-0.3, -0.25) is 38.4 Å². The third kappa shape index (κ3) is 39.0. The summed E-state index contributed by atoms with van der Waals surface area (Å²) in [5.41, 5.74) is 0. The summed E-state index contributed by atoms with van der Waals surface area (Å²) in [5.74, 6) is -8.41. The van der Waals surface area contributed by atoms with Crippen LogP contribution in [-0.4, -0.2) is 508 Å². The zero-order valence-electron chi connectivity index (χ0n) is 79.2. The molecule has 832 valence electrons. The molecule has 0 aromatic heterocycles. The molecule has 48 nitrogen and oxygen atoms in total. The maximum atomic E-state index is 12.6. The molecular weight excluding hydrogens is 2080 g/mol. The van der Waals surface area contributed by atoms with E-state index in [9.17, 15) is 161 Å². The lowest BCUT2D eigenvalue weighted by atomic mass is 9.95. The second kappa shape index (κ2) is 64.6. The maximum Gasteiger partial charge on any atom is 0.303 e. The zero-order chi connectivity index (χ0) is 105. The molecule has 0 aromatic rings. The summed E-state index contributed by atoms with van der Waals surface area (Å²) in [7, 11) is 0. The van der Waals surface area contributed by atoms with E-state index in [2.05, 4.69) is 0 Å². The van der Waals surface area contributed by atoms with Crippen LogP contribution in [0, 0.1) is 0 Å². The second-order valence-electron chi connectivity index (χ2n) is 36.4. The van der Waals surface area contributed by atoms with Gasteiger partial charge in [-0.05, 0) is 149 Å². The summed E-state index contributed by atoms with van der Waals surface area (Å²) in [5, 5.41) is 276. The molecule has 0 saturated carbocycles. The standard InChI is InChI=1S/C88H144O48S8/c89-49(90)17-1-9-25-137-33-41-73-57(105)65(113)81(121-41)130-74-42(34-138-26-10-2-18-50(91)92)123-83(67(115)59(74)107)132-76-44(36-140-28-12-4-20-52(95)96)125-85(69(117)61(76)109)134-78-46(38-142-30-14-6-22-54(99)100)127-87(71(119)63(78)111)136-80-48(40-144-32-16-8-24-56(103)104)128-88(72(120)64(80)112)135-79-47(39-143-31-15-7-23-55(101)102)126-86(70(118)62(79)110)133-77-45(37-141-29-13-5-21-53(97)98)124-84(68(116)60(77)108)131-75-43(35-139-27-11-3-19-51(93)94)122-82(129-73)66(114)58(75)106/h41-48,57-88,105-120H,1-40H2,(H,89,90)(H,91,92)(H,93,94)(H,95,96)(H,97,98)(H,99,100)(H,101,102)(H,103,104)/t41-,42-,43-,44-,45-,46+,47+,48+,57+,58+,59+,60+,61+,62-,63-,64-,65+,66+,67+,68-,69-,70-,71-,72-,73+,74+,75+,76-,77+,78+,79+,80+,81+,82+,83+,84-,85+,86+,87+,88+/m1/s1. The molecular formula is C88H144O48S8. The molecule has 30 aliphatic heterocycles. The van der Waals surface area contributed by atoms with Gasteiger partial charge in [0, 0.05) is 97.4 Å². The quantitative estimate of drug-likeness (QED) is 0.0310. The summed E-state index contributed by atoms with van der Waals surface area (Å²) in [6.45, 7) is 0. The van der Waals surface area contributed by atoms with Crippen molar-refractivity contribution in [3.63, 3.8) is 0 Å². The van der Waals surface area contributed by atoms with Crippen molar-refractivity contribution in [1.82, 2.24) is 0 Å². The number of aliphatic carboxylic acids is 8. The van der Waals surface area contributed by atoms with Crippen LogP contribution in [0.25, 0.3) is 0 Å². The number of carbonyl (C=O) groups is 8. The van der Waals surface area contributed by atoms with Crippen LogP contribution in [0.15, 0.2) is 0 Å². The van der Waals surface area contributed by atoms with E-state index in [4.69, 9.17) is 75.8 Å². The first-order chi connectivity index (χ1) is 68.7. The van der Waals surface area contributed by atoms with Gasteiger partial charge in [0.2, 0.25) is 0 Å². The van der Waals surface area contributed by atoms with E-state index in [0.717, 1.165) is 94.1 Å². The lowest BCUT2D eigenvalue weighted by Crippen LogP contribution is -2.69. The van der Waals surface area contributed by atoms with Crippen molar-refractivity contribution in [1.29, 1.82) is 0 Å². The molecule has 16 bridgehead atoms. The molecule has 30 aliphatic rings. The summed E-state index contributed by atoms with van der Waals surface area (Å²) >= 11 is 9.14.